The van der Waals surface area contributed by atoms with Crippen molar-refractivity contribution >= 4 is 21.8 Å². The molecule has 3 nitrogen and oxygen atoms in total. The summed E-state index contributed by atoms with van der Waals surface area (Å²) in [4.78, 5) is 12.8. The Morgan fingerprint density at radius 3 is 2.36 bits per heavy atom. The van der Waals surface area contributed by atoms with E-state index in [0.717, 1.165) is 0 Å². The van der Waals surface area contributed by atoms with E-state index in [1.807, 2.05) is 0 Å². The fourth-order valence-electron chi connectivity index (χ4n) is 0.705. The van der Waals surface area contributed by atoms with Gasteiger partial charge < -0.3 is 10.0 Å². The predicted molar refractivity (Wildman–Crippen MR) is 47.7 cm³/mol. The van der Waals surface area contributed by atoms with Gasteiger partial charge in [-0.15, -0.1) is 0 Å². The monoisotopic (exact) mass is 223 g/mol. The van der Waals surface area contributed by atoms with Gasteiger partial charge in [0, 0.05) is 13.6 Å². The average Bonchev–Trinajstić information content (AvgIpc) is 1.85. The second-order valence-corrected chi connectivity index (χ2v) is 4.91. The summed E-state index contributed by atoms with van der Waals surface area (Å²) in [5.41, 5.74) is 0. The number of likely N-dealkylation sites (N-methyl/N-ethyl adjacent to an activating group) is 1. The fraction of sp³-hybridized carbons (Fsp3) is 0.857. The number of hydrogen-bond donors (Lipinski definition) is 1. The van der Waals surface area contributed by atoms with Crippen LogP contribution in [0.1, 0.15) is 13.8 Å². The molecule has 0 unspecified atom stereocenters. The van der Waals surface area contributed by atoms with Gasteiger partial charge in [-0.05, 0) is 13.8 Å². The topological polar surface area (TPSA) is 40.5 Å². The summed E-state index contributed by atoms with van der Waals surface area (Å²) in [7, 11) is 1.67. The number of halogens is 1. The molecular weight excluding hydrogens is 210 g/mol. The Balaban J connectivity index is 4.03. The van der Waals surface area contributed by atoms with E-state index in [9.17, 15) is 4.79 Å². The normalized spacial score (nSPS) is 11.4. The average molecular weight is 224 g/mol. The summed E-state index contributed by atoms with van der Waals surface area (Å²) in [5.74, 6) is -0.0217. The third-order valence-corrected chi connectivity index (χ3v) is 1.63. The molecule has 1 amide bonds. The van der Waals surface area contributed by atoms with Gasteiger partial charge in [0.1, 0.15) is 0 Å². The van der Waals surface area contributed by atoms with Gasteiger partial charge in [0.05, 0.1) is 10.9 Å². The number of aliphatic hydroxyl groups is 1. The second kappa shape index (κ2) is 4.07. The molecule has 0 aliphatic carbocycles. The van der Waals surface area contributed by atoms with Gasteiger partial charge in [-0.1, -0.05) is 15.9 Å². The number of carbonyl (C=O) groups is 1. The Bertz CT molecular complexity index is 142. The molecule has 0 aromatic heterocycles. The molecule has 0 aliphatic heterocycles. The summed E-state index contributed by atoms with van der Waals surface area (Å²) < 4.78 is -0.531. The van der Waals surface area contributed by atoms with Crippen LogP contribution in [0.5, 0.6) is 0 Å². The highest BCUT2D eigenvalue weighted by Crippen LogP contribution is 2.17. The maximum Gasteiger partial charge on any atom is 0.238 e. The van der Waals surface area contributed by atoms with Crippen LogP contribution >= 0.6 is 15.9 Å². The highest BCUT2D eigenvalue weighted by atomic mass is 79.9. The zero-order valence-electron chi connectivity index (χ0n) is 7.09. The molecule has 0 saturated carbocycles. The lowest BCUT2D eigenvalue weighted by Crippen LogP contribution is -2.40. The van der Waals surface area contributed by atoms with E-state index in [4.69, 9.17) is 5.11 Å². The third kappa shape index (κ3) is 3.72. The number of alkyl halides is 1. The molecule has 0 atom stereocenters. The molecule has 11 heavy (non-hydrogen) atoms. The van der Waals surface area contributed by atoms with Crippen molar-refractivity contribution in [2.75, 3.05) is 20.2 Å². The summed E-state index contributed by atoms with van der Waals surface area (Å²) in [6.07, 6.45) is 0. The minimum atomic E-state index is -0.531. The molecule has 0 radical (unpaired) electrons. The van der Waals surface area contributed by atoms with Crippen LogP contribution in [0.15, 0.2) is 0 Å². The van der Waals surface area contributed by atoms with Crippen molar-refractivity contribution in [3.05, 3.63) is 0 Å². The Morgan fingerprint density at radius 1 is 1.64 bits per heavy atom. The van der Waals surface area contributed by atoms with Crippen molar-refractivity contribution < 1.29 is 9.90 Å². The number of aliphatic hydroxyl groups excluding tert-OH is 1. The molecule has 4 heteroatoms. The highest BCUT2D eigenvalue weighted by molar-refractivity contribution is 9.10. The van der Waals surface area contributed by atoms with Gasteiger partial charge in [0.15, 0.2) is 0 Å². The predicted octanol–water partition coefficient (Wildman–Crippen LogP) is 0.611. The number of nitrogens with zero attached hydrogens (tertiary/aromatic N) is 1. The van der Waals surface area contributed by atoms with Crippen molar-refractivity contribution in [2.45, 2.75) is 18.2 Å². The van der Waals surface area contributed by atoms with Crippen LogP contribution in [0.25, 0.3) is 0 Å². The maximum absolute atomic E-state index is 11.3. The van der Waals surface area contributed by atoms with Crippen LogP contribution in [0.2, 0.25) is 0 Å². The zero-order chi connectivity index (χ0) is 9.07. The quantitative estimate of drug-likeness (QED) is 0.713. The molecule has 66 valence electrons. The molecule has 1 N–H and O–H groups in total. The smallest absolute Gasteiger partial charge is 0.238 e. The Kier molecular flexibility index (Phi) is 4.03. The van der Waals surface area contributed by atoms with Gasteiger partial charge in [0.2, 0.25) is 5.91 Å². The van der Waals surface area contributed by atoms with Crippen molar-refractivity contribution in [1.82, 2.24) is 4.90 Å². The third-order valence-electron chi connectivity index (χ3n) is 1.29. The van der Waals surface area contributed by atoms with Crippen molar-refractivity contribution in [1.29, 1.82) is 0 Å². The van der Waals surface area contributed by atoms with E-state index in [-0.39, 0.29) is 12.5 Å². The summed E-state index contributed by atoms with van der Waals surface area (Å²) in [6, 6.07) is 0. The molecular formula is C7H14BrNO2. The van der Waals surface area contributed by atoms with Gasteiger partial charge in [0.25, 0.3) is 0 Å². The molecule has 0 fully saturated rings. The minimum Gasteiger partial charge on any atom is -0.395 e. The first-order valence-electron chi connectivity index (χ1n) is 3.45. The van der Waals surface area contributed by atoms with E-state index in [1.165, 1.54) is 4.90 Å². The van der Waals surface area contributed by atoms with Crippen molar-refractivity contribution in [3.8, 4) is 0 Å². The lowest BCUT2D eigenvalue weighted by Gasteiger charge is -2.23. The first kappa shape index (κ1) is 10.9. The lowest BCUT2D eigenvalue weighted by molar-refractivity contribution is -0.131. The second-order valence-electron chi connectivity index (χ2n) is 2.92. The van der Waals surface area contributed by atoms with Gasteiger partial charge >= 0.3 is 0 Å². The fourth-order valence-corrected chi connectivity index (χ4v) is 1.01. The Morgan fingerprint density at radius 2 is 2.09 bits per heavy atom. The molecule has 0 aromatic rings. The Labute approximate surface area is 75.5 Å². The highest BCUT2D eigenvalue weighted by Gasteiger charge is 2.26. The van der Waals surface area contributed by atoms with Crippen LogP contribution < -0.4 is 0 Å². The zero-order valence-corrected chi connectivity index (χ0v) is 8.68. The molecule has 0 rings (SSSR count). The molecule has 0 heterocycles. The summed E-state index contributed by atoms with van der Waals surface area (Å²) >= 11 is 3.24. The molecule has 0 bridgehead atoms. The first-order chi connectivity index (χ1) is 4.89. The van der Waals surface area contributed by atoms with Crippen LogP contribution in [0.4, 0.5) is 0 Å². The molecule has 0 aromatic carbocycles. The van der Waals surface area contributed by atoms with Gasteiger partial charge in [-0.2, -0.15) is 0 Å². The van der Waals surface area contributed by atoms with Crippen LogP contribution in [-0.2, 0) is 4.79 Å². The SMILES string of the molecule is CN(CCO)C(=O)C(C)(C)Br. The molecule has 0 aliphatic rings. The van der Waals surface area contributed by atoms with Gasteiger partial charge in [-0.3, -0.25) is 4.79 Å². The number of carbonyl (C=O) groups excluding carboxylic acids is 1. The summed E-state index contributed by atoms with van der Waals surface area (Å²) in [5, 5.41) is 8.54. The van der Waals surface area contributed by atoms with E-state index < -0.39 is 4.32 Å². The van der Waals surface area contributed by atoms with Crippen molar-refractivity contribution in [3.63, 3.8) is 0 Å². The lowest BCUT2D eigenvalue weighted by atomic mass is 10.2. The Hall–Kier alpha value is -0.0900. The van der Waals surface area contributed by atoms with Crippen molar-refractivity contribution in [2.24, 2.45) is 0 Å². The summed E-state index contributed by atoms with van der Waals surface area (Å²) in [6.45, 7) is 3.95. The van der Waals surface area contributed by atoms with Crippen LogP contribution in [0.3, 0.4) is 0 Å². The number of rotatable bonds is 3. The van der Waals surface area contributed by atoms with Gasteiger partial charge in [-0.25, -0.2) is 0 Å². The van der Waals surface area contributed by atoms with E-state index in [0.29, 0.717) is 6.54 Å². The van der Waals surface area contributed by atoms with E-state index in [1.54, 1.807) is 20.9 Å². The maximum atomic E-state index is 11.3. The first-order valence-corrected chi connectivity index (χ1v) is 4.24. The largest absolute Gasteiger partial charge is 0.395 e. The van der Waals surface area contributed by atoms with Crippen LogP contribution in [0, 0.1) is 0 Å². The number of hydrogen-bond acceptors (Lipinski definition) is 2. The molecule has 0 saturated heterocycles. The van der Waals surface area contributed by atoms with E-state index >= 15 is 0 Å². The number of amides is 1. The van der Waals surface area contributed by atoms with E-state index in [2.05, 4.69) is 15.9 Å². The molecule has 0 spiro atoms. The minimum absolute atomic E-state index is 0.00528. The van der Waals surface area contributed by atoms with Crippen LogP contribution in [-0.4, -0.2) is 40.4 Å². The standard InChI is InChI=1S/C7H14BrNO2/c1-7(2,8)6(11)9(3)4-5-10/h10H,4-5H2,1-3H3.